The molecule has 0 radical (unpaired) electrons. The standard InChI is InChI=1S/C15H19N3OS/c1-9(2)11-5-7-12(8-6-11)19-15-13(14(16)20)10(3)17-18(15)4/h5-9H,1-4H3,(H2,16,20). The van der Waals surface area contributed by atoms with Gasteiger partial charge in [0.05, 0.1) is 11.3 Å². The van der Waals surface area contributed by atoms with E-state index < -0.39 is 0 Å². The van der Waals surface area contributed by atoms with E-state index in [0.717, 1.165) is 11.4 Å². The van der Waals surface area contributed by atoms with Gasteiger partial charge in [-0.05, 0) is 30.5 Å². The van der Waals surface area contributed by atoms with Gasteiger partial charge in [-0.15, -0.1) is 0 Å². The van der Waals surface area contributed by atoms with Crippen molar-refractivity contribution in [1.82, 2.24) is 9.78 Å². The number of aryl methyl sites for hydroxylation is 2. The normalized spacial score (nSPS) is 10.8. The minimum Gasteiger partial charge on any atom is -0.439 e. The van der Waals surface area contributed by atoms with Crippen molar-refractivity contribution < 1.29 is 4.74 Å². The first kappa shape index (κ1) is 14.5. The smallest absolute Gasteiger partial charge is 0.228 e. The van der Waals surface area contributed by atoms with Gasteiger partial charge in [0, 0.05) is 7.05 Å². The Balaban J connectivity index is 2.32. The molecule has 0 spiro atoms. The van der Waals surface area contributed by atoms with Crippen LogP contribution in [-0.4, -0.2) is 14.8 Å². The first-order valence-electron chi connectivity index (χ1n) is 6.51. The summed E-state index contributed by atoms with van der Waals surface area (Å²) >= 11 is 5.07. The third-order valence-corrected chi connectivity index (χ3v) is 3.38. The monoisotopic (exact) mass is 289 g/mol. The van der Waals surface area contributed by atoms with Crippen molar-refractivity contribution >= 4 is 17.2 Å². The lowest BCUT2D eigenvalue weighted by atomic mass is 10.0. The molecule has 0 aliphatic carbocycles. The van der Waals surface area contributed by atoms with E-state index in [2.05, 4.69) is 31.1 Å². The maximum atomic E-state index is 5.89. The predicted octanol–water partition coefficient (Wildman–Crippen LogP) is 3.28. The lowest BCUT2D eigenvalue weighted by Gasteiger charge is -2.10. The Morgan fingerprint density at radius 1 is 1.30 bits per heavy atom. The molecule has 0 aliphatic heterocycles. The molecule has 0 aliphatic rings. The van der Waals surface area contributed by atoms with Gasteiger partial charge in [0.1, 0.15) is 10.7 Å². The van der Waals surface area contributed by atoms with Crippen molar-refractivity contribution in [2.75, 3.05) is 0 Å². The average Bonchev–Trinajstić information content (AvgIpc) is 2.64. The molecule has 5 heteroatoms. The third kappa shape index (κ3) is 2.82. The van der Waals surface area contributed by atoms with E-state index in [1.165, 1.54) is 5.56 Å². The summed E-state index contributed by atoms with van der Waals surface area (Å²) in [7, 11) is 1.81. The van der Waals surface area contributed by atoms with E-state index in [4.69, 9.17) is 22.7 Å². The lowest BCUT2D eigenvalue weighted by molar-refractivity contribution is 0.429. The summed E-state index contributed by atoms with van der Waals surface area (Å²) in [5, 5.41) is 4.30. The predicted molar refractivity (Wildman–Crippen MR) is 84.4 cm³/mol. The Hall–Kier alpha value is -1.88. The quantitative estimate of drug-likeness (QED) is 0.878. The summed E-state index contributed by atoms with van der Waals surface area (Å²) in [6.07, 6.45) is 0. The van der Waals surface area contributed by atoms with E-state index in [1.807, 2.05) is 26.1 Å². The molecule has 20 heavy (non-hydrogen) atoms. The van der Waals surface area contributed by atoms with Crippen LogP contribution in [-0.2, 0) is 7.05 Å². The summed E-state index contributed by atoms with van der Waals surface area (Å²) in [4.78, 5) is 0.296. The second kappa shape index (κ2) is 5.63. The van der Waals surface area contributed by atoms with Crippen LogP contribution >= 0.6 is 12.2 Å². The fourth-order valence-electron chi connectivity index (χ4n) is 2.07. The highest BCUT2D eigenvalue weighted by Gasteiger charge is 2.17. The second-order valence-electron chi connectivity index (χ2n) is 5.08. The first-order valence-corrected chi connectivity index (χ1v) is 6.92. The molecule has 1 heterocycles. The number of aromatic nitrogens is 2. The largest absolute Gasteiger partial charge is 0.439 e. The molecule has 0 bridgehead atoms. The van der Waals surface area contributed by atoms with Crippen molar-refractivity contribution in [3.63, 3.8) is 0 Å². The van der Waals surface area contributed by atoms with Crippen LogP contribution in [0.4, 0.5) is 0 Å². The fraction of sp³-hybridized carbons (Fsp3) is 0.333. The molecule has 1 aromatic carbocycles. The Morgan fingerprint density at radius 2 is 1.90 bits per heavy atom. The van der Waals surface area contributed by atoms with Gasteiger partial charge in [0.15, 0.2) is 0 Å². The molecule has 0 unspecified atom stereocenters. The van der Waals surface area contributed by atoms with Crippen molar-refractivity contribution in [2.45, 2.75) is 26.7 Å². The average molecular weight is 289 g/mol. The van der Waals surface area contributed by atoms with E-state index in [-0.39, 0.29) is 0 Å². The number of benzene rings is 1. The Labute approximate surface area is 124 Å². The summed E-state index contributed by atoms with van der Waals surface area (Å²) in [5.74, 6) is 1.82. The molecule has 2 N–H and O–H groups in total. The molecule has 106 valence electrons. The van der Waals surface area contributed by atoms with Crippen LogP contribution < -0.4 is 10.5 Å². The maximum absolute atomic E-state index is 5.89. The number of nitrogens with zero attached hydrogens (tertiary/aromatic N) is 2. The zero-order chi connectivity index (χ0) is 14.9. The van der Waals surface area contributed by atoms with Gasteiger partial charge >= 0.3 is 0 Å². The van der Waals surface area contributed by atoms with Gasteiger partial charge in [-0.1, -0.05) is 38.2 Å². The van der Waals surface area contributed by atoms with Crippen LogP contribution in [0.5, 0.6) is 11.6 Å². The van der Waals surface area contributed by atoms with Crippen molar-refractivity contribution in [3.8, 4) is 11.6 Å². The molecule has 0 amide bonds. The molecular formula is C15H19N3OS. The minimum atomic E-state index is 0.296. The minimum absolute atomic E-state index is 0.296. The molecule has 0 saturated heterocycles. The van der Waals surface area contributed by atoms with Crippen LogP contribution in [0, 0.1) is 6.92 Å². The van der Waals surface area contributed by atoms with Crippen molar-refractivity contribution in [1.29, 1.82) is 0 Å². The maximum Gasteiger partial charge on any atom is 0.228 e. The third-order valence-electron chi connectivity index (χ3n) is 3.18. The van der Waals surface area contributed by atoms with Crippen LogP contribution in [0.3, 0.4) is 0 Å². The van der Waals surface area contributed by atoms with Crippen LogP contribution in [0.2, 0.25) is 0 Å². The van der Waals surface area contributed by atoms with Crippen molar-refractivity contribution in [3.05, 3.63) is 41.1 Å². The van der Waals surface area contributed by atoms with Gasteiger partial charge < -0.3 is 10.5 Å². The highest BCUT2D eigenvalue weighted by molar-refractivity contribution is 7.80. The molecule has 4 nitrogen and oxygen atoms in total. The van der Waals surface area contributed by atoms with Crippen LogP contribution in [0.1, 0.15) is 36.6 Å². The Bertz CT molecular complexity index is 629. The highest BCUT2D eigenvalue weighted by Crippen LogP contribution is 2.28. The molecule has 1 aromatic heterocycles. The van der Waals surface area contributed by atoms with Gasteiger partial charge in [-0.3, -0.25) is 0 Å². The summed E-state index contributed by atoms with van der Waals surface area (Å²) in [5.41, 5.74) is 8.48. The van der Waals surface area contributed by atoms with E-state index in [0.29, 0.717) is 22.3 Å². The summed E-state index contributed by atoms with van der Waals surface area (Å²) in [6, 6.07) is 8.01. The molecule has 2 aromatic rings. The number of thiocarbonyl (C=S) groups is 1. The first-order chi connectivity index (χ1) is 9.40. The van der Waals surface area contributed by atoms with Crippen molar-refractivity contribution in [2.24, 2.45) is 12.8 Å². The van der Waals surface area contributed by atoms with Gasteiger partial charge in [-0.25, -0.2) is 4.68 Å². The zero-order valence-corrected chi connectivity index (χ0v) is 13.0. The van der Waals surface area contributed by atoms with Crippen LogP contribution in [0.25, 0.3) is 0 Å². The Morgan fingerprint density at radius 3 is 2.40 bits per heavy atom. The van der Waals surface area contributed by atoms with Crippen LogP contribution in [0.15, 0.2) is 24.3 Å². The second-order valence-corrected chi connectivity index (χ2v) is 5.52. The molecule has 0 atom stereocenters. The van der Waals surface area contributed by atoms with E-state index in [1.54, 1.807) is 4.68 Å². The van der Waals surface area contributed by atoms with E-state index >= 15 is 0 Å². The topological polar surface area (TPSA) is 53.1 Å². The fourth-order valence-corrected chi connectivity index (χ4v) is 2.31. The molecular weight excluding hydrogens is 270 g/mol. The number of hydrogen-bond donors (Lipinski definition) is 1. The van der Waals surface area contributed by atoms with E-state index in [9.17, 15) is 0 Å². The van der Waals surface area contributed by atoms with Gasteiger partial charge in [0.2, 0.25) is 5.88 Å². The molecule has 0 saturated carbocycles. The summed E-state index contributed by atoms with van der Waals surface area (Å²) in [6.45, 7) is 6.18. The Kier molecular flexibility index (Phi) is 4.09. The highest BCUT2D eigenvalue weighted by atomic mass is 32.1. The number of ether oxygens (including phenoxy) is 1. The lowest BCUT2D eigenvalue weighted by Crippen LogP contribution is -2.11. The molecule has 2 rings (SSSR count). The van der Waals surface area contributed by atoms with Gasteiger partial charge in [-0.2, -0.15) is 5.10 Å². The summed E-state index contributed by atoms with van der Waals surface area (Å²) < 4.78 is 7.54. The van der Waals surface area contributed by atoms with Gasteiger partial charge in [0.25, 0.3) is 0 Å². The SMILES string of the molecule is Cc1nn(C)c(Oc2ccc(C(C)C)cc2)c1C(N)=S. The number of hydrogen-bond acceptors (Lipinski definition) is 3. The number of rotatable bonds is 4. The number of nitrogens with two attached hydrogens (primary N) is 1. The zero-order valence-electron chi connectivity index (χ0n) is 12.2. The molecule has 0 fully saturated rings.